The van der Waals surface area contributed by atoms with Crippen molar-refractivity contribution >= 4 is 60.3 Å². The highest BCUT2D eigenvalue weighted by atomic mass is 35.5. The summed E-state index contributed by atoms with van der Waals surface area (Å²) in [5, 5.41) is 4.89. The number of halogens is 1. The van der Waals surface area contributed by atoms with E-state index in [9.17, 15) is 21.6 Å². The van der Waals surface area contributed by atoms with Gasteiger partial charge in [-0.15, -0.1) is 11.3 Å². The van der Waals surface area contributed by atoms with Crippen LogP contribution in [0.4, 0.5) is 11.4 Å². The number of thiophene rings is 1. The van der Waals surface area contributed by atoms with Gasteiger partial charge < -0.3 is 5.32 Å². The van der Waals surface area contributed by atoms with Gasteiger partial charge in [-0.2, -0.15) is 4.31 Å². The zero-order chi connectivity index (χ0) is 25.2. The van der Waals surface area contributed by atoms with Gasteiger partial charge in [-0.3, -0.25) is 9.52 Å². The van der Waals surface area contributed by atoms with E-state index < -0.39 is 26.0 Å². The molecule has 8 nitrogen and oxygen atoms in total. The van der Waals surface area contributed by atoms with Gasteiger partial charge >= 0.3 is 0 Å². The first kappa shape index (κ1) is 25.6. The average molecular weight is 554 g/mol. The molecule has 35 heavy (non-hydrogen) atoms. The zero-order valence-corrected chi connectivity index (χ0v) is 22.0. The minimum atomic E-state index is -3.86. The Kier molecular flexibility index (Phi) is 7.53. The largest absolute Gasteiger partial charge is 0.326 e. The number of hydrogen-bond donors (Lipinski definition) is 2. The van der Waals surface area contributed by atoms with Gasteiger partial charge in [0.2, 0.25) is 5.91 Å². The lowest BCUT2D eigenvalue weighted by atomic mass is 9.99. The lowest BCUT2D eigenvalue weighted by molar-refractivity contribution is -0.120. The monoisotopic (exact) mass is 553 g/mol. The number of benzene rings is 2. The second-order valence-corrected chi connectivity index (χ2v) is 13.4. The van der Waals surface area contributed by atoms with Gasteiger partial charge in [0, 0.05) is 23.8 Å². The van der Waals surface area contributed by atoms with Gasteiger partial charge in [0.1, 0.15) is 4.21 Å². The molecule has 2 aromatic carbocycles. The Hall–Kier alpha value is -2.44. The van der Waals surface area contributed by atoms with E-state index in [1.807, 2.05) is 0 Å². The van der Waals surface area contributed by atoms with E-state index in [1.54, 1.807) is 36.6 Å². The van der Waals surface area contributed by atoms with Crippen molar-refractivity contribution in [1.29, 1.82) is 0 Å². The van der Waals surface area contributed by atoms with Crippen molar-refractivity contribution in [2.24, 2.45) is 5.92 Å². The quantitative estimate of drug-likeness (QED) is 0.445. The normalized spacial score (nSPS) is 17.1. The van der Waals surface area contributed by atoms with Crippen molar-refractivity contribution in [2.45, 2.75) is 28.9 Å². The molecule has 0 radical (unpaired) electrons. The predicted molar refractivity (Wildman–Crippen MR) is 138 cm³/mol. The molecule has 0 unspecified atom stereocenters. The maximum atomic E-state index is 12.8. The summed E-state index contributed by atoms with van der Waals surface area (Å²) in [6, 6.07) is 14.0. The van der Waals surface area contributed by atoms with E-state index in [4.69, 9.17) is 11.6 Å². The predicted octanol–water partition coefficient (Wildman–Crippen LogP) is 4.55. The molecule has 0 saturated carbocycles. The molecule has 0 spiro atoms. The van der Waals surface area contributed by atoms with Crippen LogP contribution in [0.15, 0.2) is 69.1 Å². The summed E-state index contributed by atoms with van der Waals surface area (Å²) in [6.07, 6.45) is 1.14. The van der Waals surface area contributed by atoms with Crippen LogP contribution >= 0.6 is 22.9 Å². The molecule has 12 heteroatoms. The van der Waals surface area contributed by atoms with Gasteiger partial charge in [0.15, 0.2) is 0 Å². The third-order valence-corrected chi connectivity index (χ3v) is 10.6. The number of anilines is 2. The third-order valence-electron chi connectivity index (χ3n) is 5.72. The second kappa shape index (κ2) is 10.3. The van der Waals surface area contributed by atoms with Crippen LogP contribution in [0.2, 0.25) is 5.02 Å². The molecule has 1 fully saturated rings. The van der Waals surface area contributed by atoms with Gasteiger partial charge in [0.25, 0.3) is 20.0 Å². The number of carbonyl (C=O) groups excluding carboxylic acids is 1. The number of sulfonamides is 2. The molecule has 3 aromatic rings. The van der Waals surface area contributed by atoms with Crippen LogP contribution in [0.5, 0.6) is 0 Å². The Morgan fingerprint density at radius 3 is 2.51 bits per heavy atom. The van der Waals surface area contributed by atoms with Crippen LogP contribution in [0.25, 0.3) is 0 Å². The van der Waals surface area contributed by atoms with Crippen molar-refractivity contribution in [3.05, 3.63) is 70.6 Å². The second-order valence-electron chi connectivity index (χ2n) is 8.21. The summed E-state index contributed by atoms with van der Waals surface area (Å²) in [5.74, 6) is -0.811. The van der Waals surface area contributed by atoms with Crippen molar-refractivity contribution in [1.82, 2.24) is 4.31 Å². The van der Waals surface area contributed by atoms with E-state index in [0.717, 1.165) is 16.9 Å². The summed E-state index contributed by atoms with van der Waals surface area (Å²) >= 11 is 7.12. The van der Waals surface area contributed by atoms with E-state index in [2.05, 4.69) is 10.0 Å². The Morgan fingerprint density at radius 1 is 1.09 bits per heavy atom. The highest BCUT2D eigenvalue weighted by Gasteiger charge is 2.33. The average Bonchev–Trinajstić information content (AvgIpc) is 3.38. The third kappa shape index (κ3) is 5.87. The van der Waals surface area contributed by atoms with E-state index in [-0.39, 0.29) is 21.6 Å². The molecule has 2 heterocycles. The molecular formula is C23H24ClN3O5S3. The molecule has 1 atom stereocenters. The van der Waals surface area contributed by atoms with Crippen LogP contribution in [0, 0.1) is 12.8 Å². The van der Waals surface area contributed by atoms with Gasteiger partial charge in [-0.25, -0.2) is 16.8 Å². The minimum absolute atomic E-state index is 0.0285. The highest BCUT2D eigenvalue weighted by molar-refractivity contribution is 7.92. The molecule has 1 saturated heterocycles. The van der Waals surface area contributed by atoms with Crippen LogP contribution in [-0.4, -0.2) is 40.1 Å². The standard InChI is InChI=1S/C23H24ClN3O5S3/c1-16-6-7-18(24)14-21(16)26-34(29,30)20-10-8-19(9-11-20)25-23(28)17-4-2-12-27(15-17)35(31,32)22-5-3-13-33-22/h3,5-11,13-14,17,26H,2,4,12,15H2,1H3,(H,25,28)/t17-/m0/s1. The number of nitrogens with zero attached hydrogens (tertiary/aromatic N) is 1. The van der Waals surface area contributed by atoms with Gasteiger partial charge in [-0.05, 0) is 73.2 Å². The van der Waals surface area contributed by atoms with Crippen molar-refractivity contribution < 1.29 is 21.6 Å². The van der Waals surface area contributed by atoms with E-state index in [1.165, 1.54) is 34.6 Å². The molecule has 186 valence electrons. The number of hydrogen-bond acceptors (Lipinski definition) is 6. The first-order chi connectivity index (χ1) is 16.6. The molecule has 1 aliphatic rings. The maximum absolute atomic E-state index is 12.8. The summed E-state index contributed by atoms with van der Waals surface area (Å²) in [7, 11) is -7.48. The summed E-state index contributed by atoms with van der Waals surface area (Å²) in [6.45, 7) is 2.24. The molecule has 0 bridgehead atoms. The first-order valence-electron chi connectivity index (χ1n) is 10.8. The smallest absolute Gasteiger partial charge is 0.261 e. The summed E-state index contributed by atoms with van der Waals surface area (Å²) < 4.78 is 55.3. The highest BCUT2D eigenvalue weighted by Crippen LogP contribution is 2.28. The van der Waals surface area contributed by atoms with Crippen LogP contribution < -0.4 is 10.0 Å². The van der Waals surface area contributed by atoms with E-state index >= 15 is 0 Å². The number of amides is 1. The molecule has 1 aromatic heterocycles. The van der Waals surface area contributed by atoms with Gasteiger partial charge in [0.05, 0.1) is 16.5 Å². The number of piperidine rings is 1. The van der Waals surface area contributed by atoms with Crippen LogP contribution in [-0.2, 0) is 24.8 Å². The Morgan fingerprint density at radius 2 is 1.83 bits per heavy atom. The number of aryl methyl sites for hydroxylation is 1. The van der Waals surface area contributed by atoms with Crippen molar-refractivity contribution in [2.75, 3.05) is 23.1 Å². The Balaban J connectivity index is 1.42. The van der Waals surface area contributed by atoms with Crippen molar-refractivity contribution in [3.8, 4) is 0 Å². The number of nitrogens with one attached hydrogen (secondary N) is 2. The lowest BCUT2D eigenvalue weighted by Crippen LogP contribution is -2.43. The van der Waals surface area contributed by atoms with Crippen LogP contribution in [0.1, 0.15) is 18.4 Å². The maximum Gasteiger partial charge on any atom is 0.261 e. The first-order valence-corrected chi connectivity index (χ1v) is 15.0. The molecule has 2 N–H and O–H groups in total. The molecule has 1 amide bonds. The number of rotatable bonds is 7. The molecule has 0 aliphatic carbocycles. The molecule has 1 aliphatic heterocycles. The van der Waals surface area contributed by atoms with Gasteiger partial charge in [-0.1, -0.05) is 23.7 Å². The minimum Gasteiger partial charge on any atom is -0.326 e. The van der Waals surface area contributed by atoms with Crippen molar-refractivity contribution in [3.63, 3.8) is 0 Å². The summed E-state index contributed by atoms with van der Waals surface area (Å²) in [5.41, 5.74) is 1.53. The lowest BCUT2D eigenvalue weighted by Gasteiger charge is -2.30. The SMILES string of the molecule is Cc1ccc(Cl)cc1NS(=O)(=O)c1ccc(NC(=O)[C@H]2CCCN(S(=O)(=O)c3cccs3)C2)cc1. The fraction of sp³-hybridized carbons (Fsp3) is 0.261. The number of carbonyl (C=O) groups is 1. The molecular weight excluding hydrogens is 530 g/mol. The fourth-order valence-electron chi connectivity index (χ4n) is 3.78. The molecule has 4 rings (SSSR count). The zero-order valence-electron chi connectivity index (χ0n) is 18.8. The summed E-state index contributed by atoms with van der Waals surface area (Å²) in [4.78, 5) is 12.9. The Bertz CT molecular complexity index is 1420. The fourth-order valence-corrected chi connectivity index (χ4v) is 7.74. The Labute approximate surface area is 214 Å². The van der Waals surface area contributed by atoms with E-state index in [0.29, 0.717) is 35.8 Å². The van der Waals surface area contributed by atoms with Crippen LogP contribution in [0.3, 0.4) is 0 Å². The topological polar surface area (TPSA) is 113 Å².